The van der Waals surface area contributed by atoms with Crippen molar-refractivity contribution in [3.05, 3.63) is 71.3 Å². The Morgan fingerprint density at radius 1 is 1.24 bits per heavy atom. The van der Waals surface area contributed by atoms with Gasteiger partial charge in [-0.1, -0.05) is 30.7 Å². The first-order valence-electron chi connectivity index (χ1n) is 11.2. The lowest BCUT2D eigenvalue weighted by Gasteiger charge is -2.40. The molecule has 0 saturated carbocycles. The van der Waals surface area contributed by atoms with Crippen molar-refractivity contribution in [1.82, 2.24) is 19.9 Å². The molecule has 5 rings (SSSR count). The predicted molar refractivity (Wildman–Crippen MR) is 128 cm³/mol. The molecule has 9 heteroatoms. The Bertz CT molecular complexity index is 1330. The quantitative estimate of drug-likeness (QED) is 0.411. The van der Waals surface area contributed by atoms with Gasteiger partial charge in [0.2, 0.25) is 0 Å². The second kappa shape index (κ2) is 9.38. The predicted octanol–water partition coefficient (Wildman–Crippen LogP) is 5.43. The van der Waals surface area contributed by atoms with Gasteiger partial charge in [-0.25, -0.2) is 14.4 Å². The van der Waals surface area contributed by atoms with Crippen LogP contribution >= 0.6 is 11.6 Å². The van der Waals surface area contributed by atoms with Crippen LogP contribution < -0.4 is 5.32 Å². The van der Waals surface area contributed by atoms with Gasteiger partial charge in [0.25, 0.3) is 11.9 Å². The zero-order valence-corrected chi connectivity index (χ0v) is 19.3. The summed E-state index contributed by atoms with van der Waals surface area (Å²) in [5.74, 6) is -0.443. The molecule has 4 aromatic rings. The molecule has 2 atom stereocenters. The molecule has 0 bridgehead atoms. The van der Waals surface area contributed by atoms with Crippen LogP contribution in [0.3, 0.4) is 0 Å². The second-order valence-corrected chi connectivity index (χ2v) is 8.87. The molecule has 7 nitrogen and oxygen atoms in total. The number of carbonyl (C=O) groups is 1. The van der Waals surface area contributed by atoms with Crippen LogP contribution in [-0.4, -0.2) is 44.9 Å². The third kappa shape index (κ3) is 4.33. The molecule has 1 amide bonds. The minimum atomic E-state index is -0.587. The number of amides is 1. The fraction of sp³-hybridized carbons (Fsp3) is 0.280. The number of hydrogen-bond donors (Lipinski definition) is 1. The molecule has 1 saturated heterocycles. The lowest BCUT2D eigenvalue weighted by molar-refractivity contribution is 0.0535. The summed E-state index contributed by atoms with van der Waals surface area (Å²) in [6, 6.07) is 11.6. The molecule has 2 aromatic heterocycles. The van der Waals surface area contributed by atoms with Gasteiger partial charge < -0.3 is 14.6 Å². The number of likely N-dealkylation sites (tertiary alicyclic amines) is 1. The summed E-state index contributed by atoms with van der Waals surface area (Å²) in [5.41, 5.74) is 1.64. The largest absolute Gasteiger partial charge is 0.424 e. The number of hydrogen-bond acceptors (Lipinski definition) is 6. The molecule has 0 aliphatic carbocycles. The molecule has 2 aromatic carbocycles. The minimum Gasteiger partial charge on any atom is -0.424 e. The average Bonchev–Trinajstić information content (AvgIpc) is 3.25. The Morgan fingerprint density at radius 2 is 2.06 bits per heavy atom. The monoisotopic (exact) mass is 479 g/mol. The van der Waals surface area contributed by atoms with Crippen molar-refractivity contribution in [2.75, 3.05) is 18.4 Å². The van der Waals surface area contributed by atoms with Crippen molar-refractivity contribution in [3.8, 4) is 11.4 Å². The van der Waals surface area contributed by atoms with Crippen LogP contribution in [0.25, 0.3) is 22.5 Å². The normalized spacial score (nSPS) is 18.3. The second-order valence-electron chi connectivity index (χ2n) is 8.43. The van der Waals surface area contributed by atoms with Gasteiger partial charge in [-0.3, -0.25) is 4.79 Å². The van der Waals surface area contributed by atoms with Gasteiger partial charge in [0.05, 0.1) is 11.6 Å². The molecule has 0 spiro atoms. The van der Waals surface area contributed by atoms with Gasteiger partial charge in [-0.15, -0.1) is 0 Å². The summed E-state index contributed by atoms with van der Waals surface area (Å²) in [5, 5.41) is 3.78. The van der Waals surface area contributed by atoms with Crippen LogP contribution in [0.5, 0.6) is 0 Å². The molecule has 1 aliphatic heterocycles. The van der Waals surface area contributed by atoms with Crippen molar-refractivity contribution in [1.29, 1.82) is 0 Å². The number of rotatable bonds is 5. The molecule has 2 unspecified atom stereocenters. The lowest BCUT2D eigenvalue weighted by atomic mass is 9.89. The summed E-state index contributed by atoms with van der Waals surface area (Å²) < 4.78 is 20.8. The van der Waals surface area contributed by atoms with Gasteiger partial charge in [0, 0.05) is 42.1 Å². The number of benzene rings is 2. The highest BCUT2D eigenvalue weighted by Gasteiger charge is 2.35. The van der Waals surface area contributed by atoms with Gasteiger partial charge in [0.15, 0.2) is 11.4 Å². The van der Waals surface area contributed by atoms with Crippen molar-refractivity contribution < 1.29 is 13.6 Å². The Labute approximate surface area is 201 Å². The Hall–Kier alpha value is -3.52. The van der Waals surface area contributed by atoms with Crippen LogP contribution in [-0.2, 0) is 0 Å². The standard InChI is InChI=1S/C25H23ClFN5O2/c1-15-5-3-12-32(20(15)14-30-25-31-19-9-8-16(26)13-21(19)34-25)24(33)22-17(6-2-7-18(22)27)23-28-10-4-11-29-23/h2,4,6-11,13,15,20H,3,5,12,14H2,1H3,(H,30,31). The number of nitrogens with one attached hydrogen (secondary N) is 1. The number of anilines is 1. The number of aromatic nitrogens is 3. The van der Waals surface area contributed by atoms with Crippen LogP contribution in [0.4, 0.5) is 10.4 Å². The number of nitrogens with zero attached hydrogens (tertiary/aromatic N) is 4. The summed E-state index contributed by atoms with van der Waals surface area (Å²) in [4.78, 5) is 28.3. The topological polar surface area (TPSA) is 84.2 Å². The first-order chi connectivity index (χ1) is 16.5. The highest BCUT2D eigenvalue weighted by atomic mass is 35.5. The molecule has 0 radical (unpaired) electrons. The van der Waals surface area contributed by atoms with Gasteiger partial charge in [-0.05, 0) is 43.0 Å². The smallest absolute Gasteiger partial charge is 0.295 e. The zero-order valence-electron chi connectivity index (χ0n) is 18.5. The van der Waals surface area contributed by atoms with Crippen molar-refractivity contribution >= 4 is 34.6 Å². The van der Waals surface area contributed by atoms with E-state index in [0.717, 1.165) is 12.8 Å². The van der Waals surface area contributed by atoms with Crippen LogP contribution in [0.15, 0.2) is 59.3 Å². The first kappa shape index (κ1) is 22.3. The molecule has 1 N–H and O–H groups in total. The van der Waals surface area contributed by atoms with E-state index in [2.05, 4.69) is 27.2 Å². The Balaban J connectivity index is 1.42. The minimum absolute atomic E-state index is 0.00990. The van der Waals surface area contributed by atoms with E-state index in [4.69, 9.17) is 16.0 Å². The summed E-state index contributed by atoms with van der Waals surface area (Å²) in [6.45, 7) is 3.04. The summed E-state index contributed by atoms with van der Waals surface area (Å²) in [7, 11) is 0. The third-order valence-corrected chi connectivity index (χ3v) is 6.46. The fourth-order valence-corrected chi connectivity index (χ4v) is 4.65. The SMILES string of the molecule is CC1CCCN(C(=O)c2c(F)cccc2-c2ncccn2)C1CNc1nc2ccc(Cl)cc2o1. The van der Waals surface area contributed by atoms with E-state index in [0.29, 0.717) is 46.6 Å². The molecular weight excluding hydrogens is 457 g/mol. The zero-order chi connectivity index (χ0) is 23.7. The van der Waals surface area contributed by atoms with Crippen LogP contribution in [0, 0.1) is 11.7 Å². The van der Waals surface area contributed by atoms with Crippen molar-refractivity contribution in [3.63, 3.8) is 0 Å². The number of piperidine rings is 1. The average molecular weight is 480 g/mol. The molecular formula is C25H23ClFN5O2. The van der Waals surface area contributed by atoms with E-state index in [9.17, 15) is 4.79 Å². The van der Waals surface area contributed by atoms with Crippen LogP contribution in [0.2, 0.25) is 5.02 Å². The first-order valence-corrected chi connectivity index (χ1v) is 11.6. The maximum absolute atomic E-state index is 15.0. The van der Waals surface area contributed by atoms with E-state index in [1.807, 2.05) is 0 Å². The van der Waals surface area contributed by atoms with Gasteiger partial charge in [-0.2, -0.15) is 4.98 Å². The molecule has 174 valence electrons. The van der Waals surface area contributed by atoms with Crippen LogP contribution in [0.1, 0.15) is 30.1 Å². The highest BCUT2D eigenvalue weighted by molar-refractivity contribution is 6.31. The van der Waals surface area contributed by atoms with E-state index >= 15 is 4.39 Å². The Kier molecular flexibility index (Phi) is 6.15. The molecule has 3 heterocycles. The third-order valence-electron chi connectivity index (χ3n) is 6.22. The van der Waals surface area contributed by atoms with E-state index in [-0.39, 0.29) is 23.4 Å². The lowest BCUT2D eigenvalue weighted by Crippen LogP contribution is -2.51. The van der Waals surface area contributed by atoms with Gasteiger partial charge in [0.1, 0.15) is 11.3 Å². The Morgan fingerprint density at radius 3 is 2.88 bits per heavy atom. The number of carbonyl (C=O) groups excluding carboxylic acids is 1. The number of oxazole rings is 1. The van der Waals surface area contributed by atoms with Crippen molar-refractivity contribution in [2.24, 2.45) is 5.92 Å². The number of fused-ring (bicyclic) bond motifs is 1. The molecule has 1 fully saturated rings. The fourth-order valence-electron chi connectivity index (χ4n) is 4.49. The van der Waals surface area contributed by atoms with E-state index in [1.54, 1.807) is 53.7 Å². The number of halogens is 2. The maximum Gasteiger partial charge on any atom is 0.295 e. The van der Waals surface area contributed by atoms with E-state index < -0.39 is 5.82 Å². The summed E-state index contributed by atoms with van der Waals surface area (Å²) >= 11 is 6.04. The van der Waals surface area contributed by atoms with Gasteiger partial charge >= 0.3 is 0 Å². The van der Waals surface area contributed by atoms with E-state index in [1.165, 1.54) is 6.07 Å². The molecule has 1 aliphatic rings. The highest BCUT2D eigenvalue weighted by Crippen LogP contribution is 2.30. The van der Waals surface area contributed by atoms with Crippen molar-refractivity contribution in [2.45, 2.75) is 25.8 Å². The summed E-state index contributed by atoms with van der Waals surface area (Å²) in [6.07, 6.45) is 4.96. The molecule has 34 heavy (non-hydrogen) atoms. The maximum atomic E-state index is 15.0.